The fraction of sp³-hybridized carbons (Fsp3) is 0.364. The molecule has 2 aromatic carbocycles. The van der Waals surface area contributed by atoms with E-state index < -0.39 is 49.3 Å². The van der Waals surface area contributed by atoms with E-state index in [0.29, 0.717) is 0 Å². The highest BCUT2D eigenvalue weighted by Crippen LogP contribution is 2.26. The second-order valence-electron chi connectivity index (χ2n) is 7.21. The molecular formula is C22H24O8. The van der Waals surface area contributed by atoms with Gasteiger partial charge >= 0.3 is 11.9 Å². The molecule has 1 fully saturated rings. The van der Waals surface area contributed by atoms with Crippen molar-refractivity contribution in [3.05, 3.63) is 70.8 Å². The van der Waals surface area contributed by atoms with Crippen LogP contribution in [0.4, 0.5) is 0 Å². The number of hydrogen-bond acceptors (Lipinski definition) is 8. The number of benzene rings is 2. The molecule has 0 aromatic heterocycles. The molecule has 0 radical (unpaired) electrons. The first kappa shape index (κ1) is 21.9. The molecule has 1 aliphatic heterocycles. The highest BCUT2D eigenvalue weighted by Gasteiger charge is 2.49. The van der Waals surface area contributed by atoms with Crippen LogP contribution < -0.4 is 0 Å². The Balaban J connectivity index is 1.82. The van der Waals surface area contributed by atoms with Crippen molar-refractivity contribution in [2.75, 3.05) is 6.61 Å². The number of hydrogen-bond donors (Lipinski definition) is 3. The summed E-state index contributed by atoms with van der Waals surface area (Å²) in [5.74, 6) is -1.56. The van der Waals surface area contributed by atoms with E-state index in [4.69, 9.17) is 14.2 Å². The lowest BCUT2D eigenvalue weighted by atomic mass is 9.98. The van der Waals surface area contributed by atoms with Crippen molar-refractivity contribution in [1.82, 2.24) is 0 Å². The Hall–Kier alpha value is -2.78. The number of carbonyl (C=O) groups is 2. The maximum atomic E-state index is 12.6. The third kappa shape index (κ3) is 4.85. The molecule has 0 bridgehead atoms. The lowest BCUT2D eigenvalue weighted by molar-refractivity contribution is -0.285. The molecule has 5 atom stereocenters. The van der Waals surface area contributed by atoms with Crippen LogP contribution in [0.1, 0.15) is 31.8 Å². The average Bonchev–Trinajstić information content (AvgIpc) is 2.73. The summed E-state index contributed by atoms with van der Waals surface area (Å²) in [5, 5.41) is 30.2. The second-order valence-corrected chi connectivity index (χ2v) is 7.21. The monoisotopic (exact) mass is 416 g/mol. The van der Waals surface area contributed by atoms with Gasteiger partial charge in [-0.2, -0.15) is 0 Å². The quantitative estimate of drug-likeness (QED) is 0.620. The molecule has 8 nitrogen and oxygen atoms in total. The van der Waals surface area contributed by atoms with Crippen LogP contribution in [-0.2, 0) is 14.2 Å². The van der Waals surface area contributed by atoms with Gasteiger partial charge in [-0.3, -0.25) is 0 Å². The molecule has 0 spiro atoms. The smallest absolute Gasteiger partial charge is 0.338 e. The summed E-state index contributed by atoms with van der Waals surface area (Å²) in [4.78, 5) is 25.1. The van der Waals surface area contributed by atoms with Crippen LogP contribution in [0.3, 0.4) is 0 Å². The summed E-state index contributed by atoms with van der Waals surface area (Å²) in [6.45, 7) is 3.09. The van der Waals surface area contributed by atoms with Gasteiger partial charge in [0, 0.05) is 0 Å². The number of aliphatic hydroxyl groups excluding tert-OH is 3. The molecule has 0 aliphatic carbocycles. The first-order chi connectivity index (χ1) is 14.3. The standard InChI is InChI=1S/C22H24O8/c1-12-3-7-14(8-4-12)20(25)29-18-17(24)16(11-23)28-22(27)19(18)30-21(26)15-9-5-13(2)6-10-15/h3-10,16-19,22-24,27H,11H2,1-2H3/t16-,17+,18+,19+,22-/m1/s1. The Kier molecular flexibility index (Phi) is 6.84. The molecule has 30 heavy (non-hydrogen) atoms. The van der Waals surface area contributed by atoms with E-state index in [9.17, 15) is 24.9 Å². The first-order valence-corrected chi connectivity index (χ1v) is 9.48. The van der Waals surface area contributed by atoms with Gasteiger partial charge in [0.15, 0.2) is 18.5 Å². The molecule has 3 rings (SSSR count). The molecule has 0 unspecified atom stereocenters. The number of aliphatic hydroxyl groups is 3. The SMILES string of the molecule is Cc1ccc(C(=O)O[C@H]2[C@@H](O)[C@@H](CO)O[C@@H](O)[C@H]2OC(=O)c2ccc(C)cc2)cc1. The summed E-state index contributed by atoms with van der Waals surface area (Å²) in [5.41, 5.74) is 2.32. The summed E-state index contributed by atoms with van der Waals surface area (Å²) in [6.07, 6.45) is -7.40. The summed E-state index contributed by atoms with van der Waals surface area (Å²) in [7, 11) is 0. The molecule has 8 heteroatoms. The third-order valence-corrected chi connectivity index (χ3v) is 4.88. The largest absolute Gasteiger partial charge is 0.452 e. The van der Waals surface area contributed by atoms with E-state index >= 15 is 0 Å². The minimum absolute atomic E-state index is 0.218. The molecule has 1 heterocycles. The van der Waals surface area contributed by atoms with Crippen LogP contribution in [0, 0.1) is 13.8 Å². The van der Waals surface area contributed by atoms with Crippen molar-refractivity contribution in [1.29, 1.82) is 0 Å². The average molecular weight is 416 g/mol. The summed E-state index contributed by atoms with van der Waals surface area (Å²) < 4.78 is 15.8. The molecule has 1 saturated heterocycles. The molecule has 0 saturated carbocycles. The lowest BCUT2D eigenvalue weighted by Gasteiger charge is -2.41. The number of esters is 2. The van der Waals surface area contributed by atoms with E-state index in [2.05, 4.69) is 0 Å². The fourth-order valence-electron chi connectivity index (χ4n) is 3.08. The van der Waals surface area contributed by atoms with E-state index in [0.717, 1.165) is 11.1 Å². The van der Waals surface area contributed by atoms with Gasteiger partial charge in [-0.1, -0.05) is 35.4 Å². The first-order valence-electron chi connectivity index (χ1n) is 9.48. The molecule has 160 valence electrons. The molecule has 3 N–H and O–H groups in total. The second kappa shape index (κ2) is 9.36. The van der Waals surface area contributed by atoms with Gasteiger partial charge in [0.25, 0.3) is 0 Å². The van der Waals surface area contributed by atoms with E-state index in [1.165, 1.54) is 0 Å². The normalized spacial score (nSPS) is 26.1. The number of carbonyl (C=O) groups excluding carboxylic acids is 2. The predicted octanol–water partition coefficient (Wildman–Crippen LogP) is 1.12. The van der Waals surface area contributed by atoms with Crippen molar-refractivity contribution >= 4 is 11.9 Å². The van der Waals surface area contributed by atoms with Crippen molar-refractivity contribution < 1.29 is 39.1 Å². The number of ether oxygens (including phenoxy) is 3. The summed E-state index contributed by atoms with van der Waals surface area (Å²) in [6, 6.07) is 13.1. The van der Waals surface area contributed by atoms with Crippen LogP contribution in [-0.4, -0.2) is 64.6 Å². The molecule has 0 amide bonds. The minimum atomic E-state index is -1.71. The molecule has 2 aromatic rings. The Morgan fingerprint density at radius 1 is 0.833 bits per heavy atom. The zero-order valence-corrected chi connectivity index (χ0v) is 16.6. The van der Waals surface area contributed by atoms with Gasteiger partial charge in [0.1, 0.15) is 12.2 Å². The topological polar surface area (TPSA) is 123 Å². The van der Waals surface area contributed by atoms with Crippen molar-refractivity contribution in [2.24, 2.45) is 0 Å². The Labute approximate surface area is 173 Å². The van der Waals surface area contributed by atoms with E-state index in [1.807, 2.05) is 13.8 Å². The van der Waals surface area contributed by atoms with E-state index in [-0.39, 0.29) is 11.1 Å². The molecular weight excluding hydrogens is 392 g/mol. The van der Waals surface area contributed by atoms with Crippen LogP contribution in [0.25, 0.3) is 0 Å². The van der Waals surface area contributed by atoms with Gasteiger partial charge in [0.05, 0.1) is 17.7 Å². The zero-order chi connectivity index (χ0) is 21.8. The maximum absolute atomic E-state index is 12.6. The summed E-state index contributed by atoms with van der Waals surface area (Å²) >= 11 is 0. The number of aryl methyl sites for hydroxylation is 2. The van der Waals surface area contributed by atoms with Crippen LogP contribution in [0.2, 0.25) is 0 Å². The van der Waals surface area contributed by atoms with Crippen molar-refractivity contribution in [2.45, 2.75) is 44.6 Å². The van der Waals surface area contributed by atoms with Gasteiger partial charge in [-0.15, -0.1) is 0 Å². The molecule has 1 aliphatic rings. The Bertz CT molecular complexity index is 877. The highest BCUT2D eigenvalue weighted by atomic mass is 16.7. The van der Waals surface area contributed by atoms with Gasteiger partial charge in [-0.05, 0) is 38.1 Å². The van der Waals surface area contributed by atoms with Crippen LogP contribution in [0.15, 0.2) is 48.5 Å². The predicted molar refractivity (Wildman–Crippen MR) is 105 cm³/mol. The maximum Gasteiger partial charge on any atom is 0.338 e. The van der Waals surface area contributed by atoms with Crippen LogP contribution >= 0.6 is 0 Å². The number of rotatable bonds is 5. The van der Waals surface area contributed by atoms with Crippen molar-refractivity contribution in [3.8, 4) is 0 Å². The van der Waals surface area contributed by atoms with Crippen molar-refractivity contribution in [3.63, 3.8) is 0 Å². The third-order valence-electron chi connectivity index (χ3n) is 4.88. The van der Waals surface area contributed by atoms with Gasteiger partial charge < -0.3 is 29.5 Å². The van der Waals surface area contributed by atoms with E-state index in [1.54, 1.807) is 48.5 Å². The zero-order valence-electron chi connectivity index (χ0n) is 16.6. The van der Waals surface area contributed by atoms with Gasteiger partial charge in [-0.25, -0.2) is 9.59 Å². The van der Waals surface area contributed by atoms with Crippen LogP contribution in [0.5, 0.6) is 0 Å². The Morgan fingerprint density at radius 2 is 1.27 bits per heavy atom. The lowest BCUT2D eigenvalue weighted by Crippen LogP contribution is -2.61. The highest BCUT2D eigenvalue weighted by molar-refractivity contribution is 5.90. The minimum Gasteiger partial charge on any atom is -0.452 e. The van der Waals surface area contributed by atoms with Gasteiger partial charge in [0.2, 0.25) is 0 Å². The Morgan fingerprint density at radius 3 is 1.70 bits per heavy atom. The fourth-order valence-corrected chi connectivity index (χ4v) is 3.08.